The summed E-state index contributed by atoms with van der Waals surface area (Å²) in [7, 11) is 0. The normalized spacial score (nSPS) is 23.3. The Bertz CT molecular complexity index is 781. The number of carboxylic acid groups (broad SMARTS) is 1. The number of carboxylic acids is 1. The zero-order chi connectivity index (χ0) is 20.2. The molecule has 0 spiro atoms. The molecule has 1 fully saturated rings. The highest BCUT2D eigenvalue weighted by atomic mass is 16.4. The van der Waals surface area contributed by atoms with Crippen LogP contribution >= 0.6 is 0 Å². The average Bonchev–Trinajstić information content (AvgIpc) is 2.65. The van der Waals surface area contributed by atoms with Gasteiger partial charge in [-0.15, -0.1) is 5.11 Å². The number of carbonyl (C=O) groups is 3. The van der Waals surface area contributed by atoms with E-state index >= 15 is 0 Å². The summed E-state index contributed by atoms with van der Waals surface area (Å²) in [5, 5.41) is 15.1. The highest BCUT2D eigenvalue weighted by Crippen LogP contribution is 2.42. The summed E-state index contributed by atoms with van der Waals surface area (Å²) in [6.07, 6.45) is 0.0665. The van der Waals surface area contributed by atoms with Crippen LogP contribution in [0.4, 0.5) is 4.79 Å². The molecule has 5 N–H and O–H groups in total. The summed E-state index contributed by atoms with van der Waals surface area (Å²) in [6.45, 7) is 3.24. The molecule has 3 atom stereocenters. The number of urea groups is 1. The second-order valence-corrected chi connectivity index (χ2v) is 6.52. The van der Waals surface area contributed by atoms with E-state index in [0.717, 1.165) is 10.5 Å². The van der Waals surface area contributed by atoms with Crippen molar-refractivity contribution in [1.29, 1.82) is 5.53 Å². The van der Waals surface area contributed by atoms with Crippen LogP contribution < -0.4 is 11.1 Å². The van der Waals surface area contributed by atoms with Crippen molar-refractivity contribution in [2.24, 2.45) is 21.3 Å². The predicted octanol–water partition coefficient (Wildman–Crippen LogP) is 1.49. The number of benzene rings is 1. The Balaban J connectivity index is 2.10. The maximum Gasteiger partial charge on any atom is 0.328 e. The van der Waals surface area contributed by atoms with Crippen LogP contribution in [0.15, 0.2) is 40.4 Å². The maximum atomic E-state index is 12.6. The van der Waals surface area contributed by atoms with E-state index in [4.69, 9.17) is 11.3 Å². The molecule has 1 aliphatic heterocycles. The monoisotopic (exact) mass is 374 g/mol. The minimum atomic E-state index is -1.31. The van der Waals surface area contributed by atoms with Gasteiger partial charge in [0.05, 0.1) is 11.5 Å². The number of nitrogens with two attached hydrogens (primary N) is 1. The quantitative estimate of drug-likeness (QED) is 0.256. The molecule has 3 amide bonds. The van der Waals surface area contributed by atoms with Crippen molar-refractivity contribution in [3.8, 4) is 0 Å². The van der Waals surface area contributed by atoms with Crippen molar-refractivity contribution in [2.75, 3.05) is 6.54 Å². The molecule has 144 valence electrons. The van der Waals surface area contributed by atoms with Gasteiger partial charge in [0.15, 0.2) is 6.04 Å². The Hall–Kier alpha value is -3.30. The number of hydrogen-bond acceptors (Lipinski definition) is 5. The Morgan fingerprint density at radius 1 is 1.41 bits per heavy atom. The van der Waals surface area contributed by atoms with Crippen LogP contribution in [0.2, 0.25) is 0 Å². The standard InChI is InChI=1S/C17H22N6O4/c1-10(11-6-4-3-5-7-11)21-16(27)23-12(13(24)25)17(2,14(23)26)8-9-20-15(18)22-19/h3-7,10,12,19H,8-9H2,1-2H3,(H2,18,20)(H,21,27)(H,24,25)/t10-,12-,17-/m1/s1. The molecule has 0 radical (unpaired) electrons. The summed E-state index contributed by atoms with van der Waals surface area (Å²) < 4.78 is 0. The smallest absolute Gasteiger partial charge is 0.328 e. The number of carbonyl (C=O) groups excluding carboxylic acids is 2. The summed E-state index contributed by atoms with van der Waals surface area (Å²) in [6, 6.07) is 6.66. The van der Waals surface area contributed by atoms with Gasteiger partial charge in [-0.2, -0.15) is 0 Å². The molecule has 1 aromatic rings. The lowest BCUT2D eigenvalue weighted by Gasteiger charge is -2.50. The molecule has 10 nitrogen and oxygen atoms in total. The summed E-state index contributed by atoms with van der Waals surface area (Å²) >= 11 is 0. The first-order valence-electron chi connectivity index (χ1n) is 8.31. The SMILES string of the molecule is C[C@@H](NC(=O)N1C(=O)[C@](C)(CCN=C(N)N=N)[C@H]1C(=O)O)c1ccccc1. The molecular formula is C17H22N6O4. The first-order valence-corrected chi connectivity index (χ1v) is 8.31. The van der Waals surface area contributed by atoms with Crippen LogP contribution in [0, 0.1) is 10.9 Å². The van der Waals surface area contributed by atoms with Crippen molar-refractivity contribution in [3.63, 3.8) is 0 Å². The highest BCUT2D eigenvalue weighted by Gasteiger charge is 2.63. The summed E-state index contributed by atoms with van der Waals surface area (Å²) in [5.74, 6) is -2.13. The third-order valence-corrected chi connectivity index (χ3v) is 4.68. The third-order valence-electron chi connectivity index (χ3n) is 4.68. The number of hydrogen-bond donors (Lipinski definition) is 4. The Kier molecular flexibility index (Phi) is 5.88. The number of likely N-dealkylation sites (tertiary alicyclic amines) is 1. The largest absolute Gasteiger partial charge is 0.480 e. The lowest BCUT2D eigenvalue weighted by Crippen LogP contribution is -2.73. The van der Waals surface area contributed by atoms with Crippen LogP contribution in [-0.2, 0) is 9.59 Å². The fourth-order valence-electron chi connectivity index (χ4n) is 3.08. The molecule has 2 rings (SSSR count). The first kappa shape index (κ1) is 20.0. The summed E-state index contributed by atoms with van der Waals surface area (Å²) in [4.78, 5) is 41.2. The van der Waals surface area contributed by atoms with Gasteiger partial charge in [-0.05, 0) is 25.8 Å². The number of nitrogens with one attached hydrogen (secondary N) is 2. The van der Waals surface area contributed by atoms with Crippen molar-refractivity contribution >= 4 is 23.9 Å². The first-order chi connectivity index (χ1) is 12.7. The molecule has 0 aromatic heterocycles. The number of nitrogens with zero attached hydrogens (tertiary/aromatic N) is 3. The predicted molar refractivity (Wildman–Crippen MR) is 96.0 cm³/mol. The fourth-order valence-corrected chi connectivity index (χ4v) is 3.08. The number of aliphatic carboxylic acids is 1. The second kappa shape index (κ2) is 7.94. The number of β-lactam (4-membered cyclic amide) rings is 1. The third kappa shape index (κ3) is 3.94. The minimum Gasteiger partial charge on any atom is -0.480 e. The van der Waals surface area contributed by atoms with Crippen molar-refractivity contribution in [1.82, 2.24) is 10.2 Å². The van der Waals surface area contributed by atoms with E-state index < -0.39 is 35.4 Å². The van der Waals surface area contributed by atoms with Crippen LogP contribution in [0.1, 0.15) is 31.9 Å². The summed E-state index contributed by atoms with van der Waals surface area (Å²) in [5.41, 5.74) is 11.6. The van der Waals surface area contributed by atoms with E-state index in [9.17, 15) is 19.5 Å². The molecule has 1 aliphatic rings. The minimum absolute atomic E-state index is 0.0239. The van der Waals surface area contributed by atoms with Gasteiger partial charge in [0.2, 0.25) is 11.9 Å². The van der Waals surface area contributed by atoms with Gasteiger partial charge in [-0.25, -0.2) is 20.0 Å². The number of rotatable bonds is 6. The second-order valence-electron chi connectivity index (χ2n) is 6.52. The topological polar surface area (TPSA) is 161 Å². The average molecular weight is 374 g/mol. The molecular weight excluding hydrogens is 352 g/mol. The van der Waals surface area contributed by atoms with Crippen LogP contribution in [0.25, 0.3) is 0 Å². The van der Waals surface area contributed by atoms with Gasteiger partial charge in [-0.1, -0.05) is 30.3 Å². The number of guanidine groups is 1. The fraction of sp³-hybridized carbons (Fsp3) is 0.412. The van der Waals surface area contributed by atoms with Crippen LogP contribution in [-0.4, -0.2) is 46.5 Å². The molecule has 1 aromatic carbocycles. The number of aliphatic imine (C=N–C) groups is 1. The maximum absolute atomic E-state index is 12.6. The van der Waals surface area contributed by atoms with Crippen molar-refractivity contribution < 1.29 is 19.5 Å². The van der Waals surface area contributed by atoms with E-state index in [2.05, 4.69) is 15.4 Å². The lowest BCUT2D eigenvalue weighted by atomic mass is 9.70. The van der Waals surface area contributed by atoms with Gasteiger partial charge in [0, 0.05) is 6.54 Å². The highest BCUT2D eigenvalue weighted by molar-refractivity contribution is 6.09. The Morgan fingerprint density at radius 2 is 2.04 bits per heavy atom. The zero-order valence-corrected chi connectivity index (χ0v) is 15.0. The Labute approximate surface area is 156 Å². The van der Waals surface area contributed by atoms with E-state index in [1.165, 1.54) is 6.92 Å². The van der Waals surface area contributed by atoms with E-state index in [1.807, 2.05) is 30.3 Å². The van der Waals surface area contributed by atoms with Crippen molar-refractivity contribution in [2.45, 2.75) is 32.4 Å². The van der Waals surface area contributed by atoms with Gasteiger partial charge >= 0.3 is 12.0 Å². The van der Waals surface area contributed by atoms with Crippen LogP contribution in [0.3, 0.4) is 0 Å². The number of amides is 3. The molecule has 0 unspecified atom stereocenters. The van der Waals surface area contributed by atoms with Gasteiger partial charge in [0.1, 0.15) is 0 Å². The molecule has 0 saturated carbocycles. The molecule has 10 heteroatoms. The van der Waals surface area contributed by atoms with E-state index in [1.54, 1.807) is 6.92 Å². The van der Waals surface area contributed by atoms with Crippen molar-refractivity contribution in [3.05, 3.63) is 35.9 Å². The molecule has 1 saturated heterocycles. The van der Waals surface area contributed by atoms with Gasteiger partial charge in [-0.3, -0.25) is 9.79 Å². The van der Waals surface area contributed by atoms with Crippen LogP contribution in [0.5, 0.6) is 0 Å². The van der Waals surface area contributed by atoms with Gasteiger partial charge in [0.25, 0.3) is 0 Å². The lowest BCUT2D eigenvalue weighted by molar-refractivity contribution is -0.177. The van der Waals surface area contributed by atoms with E-state index in [0.29, 0.717) is 0 Å². The molecule has 0 aliphatic carbocycles. The zero-order valence-electron chi connectivity index (χ0n) is 15.0. The Morgan fingerprint density at radius 3 is 2.59 bits per heavy atom. The molecule has 27 heavy (non-hydrogen) atoms. The number of imide groups is 1. The van der Waals surface area contributed by atoms with E-state index in [-0.39, 0.29) is 18.9 Å². The molecule has 0 bridgehead atoms. The van der Waals surface area contributed by atoms with Gasteiger partial charge < -0.3 is 16.2 Å². The molecule has 1 heterocycles.